The summed E-state index contributed by atoms with van der Waals surface area (Å²) in [4.78, 5) is 0. The Morgan fingerprint density at radius 1 is 0.842 bits per heavy atom. The smallest absolute Gasteiger partial charge is 0.0809 e. The third-order valence-corrected chi connectivity index (χ3v) is 5.84. The van der Waals surface area contributed by atoms with Gasteiger partial charge in [-0.3, -0.25) is 0 Å². The standard InChI is InChI=1S/C17H30O2/c18-12-16-8-7-15-11-14(6-9-17(15)19-16)10-13-4-2-1-3-5-13/h13-18H,1-12H2. The van der Waals surface area contributed by atoms with E-state index in [0.29, 0.717) is 6.10 Å². The third kappa shape index (κ3) is 3.52. The van der Waals surface area contributed by atoms with E-state index in [-0.39, 0.29) is 12.7 Å². The van der Waals surface area contributed by atoms with Gasteiger partial charge in [0.25, 0.3) is 0 Å². The first kappa shape index (κ1) is 13.9. The Balaban J connectivity index is 1.46. The van der Waals surface area contributed by atoms with Gasteiger partial charge in [0.1, 0.15) is 0 Å². The lowest BCUT2D eigenvalue weighted by Gasteiger charge is -2.42. The fourth-order valence-electron chi connectivity index (χ4n) is 4.77. The number of aliphatic hydroxyl groups is 1. The van der Waals surface area contributed by atoms with Gasteiger partial charge < -0.3 is 9.84 Å². The first-order valence-corrected chi connectivity index (χ1v) is 8.61. The van der Waals surface area contributed by atoms with Gasteiger partial charge in [-0.05, 0) is 56.3 Å². The fourth-order valence-corrected chi connectivity index (χ4v) is 4.77. The predicted octanol–water partition coefficient (Wildman–Crippen LogP) is 3.91. The van der Waals surface area contributed by atoms with Crippen molar-refractivity contribution in [1.82, 2.24) is 0 Å². The molecule has 4 atom stereocenters. The van der Waals surface area contributed by atoms with Crippen LogP contribution in [0.2, 0.25) is 0 Å². The molecule has 1 saturated heterocycles. The molecule has 0 aromatic carbocycles. The van der Waals surface area contributed by atoms with Crippen molar-refractivity contribution in [2.75, 3.05) is 6.61 Å². The molecule has 0 aromatic rings. The normalized spacial score (nSPS) is 40.9. The van der Waals surface area contributed by atoms with Crippen molar-refractivity contribution >= 4 is 0 Å². The van der Waals surface area contributed by atoms with Gasteiger partial charge >= 0.3 is 0 Å². The Hall–Kier alpha value is -0.0800. The molecule has 2 heteroatoms. The maximum Gasteiger partial charge on any atom is 0.0809 e. The zero-order valence-electron chi connectivity index (χ0n) is 12.2. The second-order valence-electron chi connectivity index (χ2n) is 7.24. The summed E-state index contributed by atoms with van der Waals surface area (Å²) in [6.07, 6.45) is 15.9. The summed E-state index contributed by atoms with van der Waals surface area (Å²) in [5.74, 6) is 2.80. The van der Waals surface area contributed by atoms with Crippen LogP contribution in [0.3, 0.4) is 0 Å². The van der Waals surface area contributed by atoms with Crippen molar-refractivity contribution in [2.45, 2.75) is 82.8 Å². The summed E-state index contributed by atoms with van der Waals surface area (Å²) in [6.45, 7) is 0.217. The van der Waals surface area contributed by atoms with E-state index in [1.54, 1.807) is 0 Å². The van der Waals surface area contributed by atoms with Gasteiger partial charge in [0.05, 0.1) is 18.8 Å². The lowest BCUT2D eigenvalue weighted by molar-refractivity contribution is -0.122. The highest BCUT2D eigenvalue weighted by molar-refractivity contribution is 4.86. The molecule has 1 heterocycles. The summed E-state index contributed by atoms with van der Waals surface area (Å²) in [5.41, 5.74) is 0. The van der Waals surface area contributed by atoms with E-state index >= 15 is 0 Å². The van der Waals surface area contributed by atoms with E-state index < -0.39 is 0 Å². The topological polar surface area (TPSA) is 29.5 Å². The number of rotatable bonds is 3. The summed E-state index contributed by atoms with van der Waals surface area (Å²) < 4.78 is 6.03. The fraction of sp³-hybridized carbons (Fsp3) is 1.00. The Morgan fingerprint density at radius 2 is 1.68 bits per heavy atom. The third-order valence-electron chi connectivity index (χ3n) is 5.84. The summed E-state index contributed by atoms with van der Waals surface area (Å²) in [7, 11) is 0. The zero-order valence-corrected chi connectivity index (χ0v) is 12.2. The van der Waals surface area contributed by atoms with Crippen LogP contribution in [0.25, 0.3) is 0 Å². The average molecular weight is 266 g/mol. The van der Waals surface area contributed by atoms with Crippen molar-refractivity contribution in [2.24, 2.45) is 17.8 Å². The molecule has 1 N–H and O–H groups in total. The lowest BCUT2D eigenvalue weighted by Crippen LogP contribution is -2.40. The first-order chi connectivity index (χ1) is 9.35. The maximum atomic E-state index is 9.22. The van der Waals surface area contributed by atoms with Gasteiger partial charge in [-0.1, -0.05) is 32.1 Å². The Kier molecular flexibility index (Phi) is 4.81. The van der Waals surface area contributed by atoms with Gasteiger partial charge in [0, 0.05) is 0 Å². The first-order valence-electron chi connectivity index (χ1n) is 8.61. The Labute approximate surface area is 117 Å². The average Bonchev–Trinajstić information content (AvgIpc) is 2.48. The molecule has 0 aromatic heterocycles. The van der Waals surface area contributed by atoms with Gasteiger partial charge in [0.15, 0.2) is 0 Å². The number of ether oxygens (including phenoxy) is 1. The van der Waals surface area contributed by atoms with Crippen molar-refractivity contribution in [3.63, 3.8) is 0 Å². The van der Waals surface area contributed by atoms with Crippen LogP contribution in [0.15, 0.2) is 0 Å². The van der Waals surface area contributed by atoms with Gasteiger partial charge in [-0.2, -0.15) is 0 Å². The Bertz CT molecular complexity index is 272. The maximum absolute atomic E-state index is 9.22. The number of hydrogen-bond acceptors (Lipinski definition) is 2. The minimum atomic E-state index is 0.135. The monoisotopic (exact) mass is 266 g/mol. The van der Waals surface area contributed by atoms with Crippen LogP contribution in [0.5, 0.6) is 0 Å². The molecule has 0 spiro atoms. The number of hydrogen-bond donors (Lipinski definition) is 1. The van der Waals surface area contributed by atoms with E-state index in [4.69, 9.17) is 4.74 Å². The highest BCUT2D eigenvalue weighted by atomic mass is 16.5. The molecule has 0 radical (unpaired) electrons. The molecule has 3 rings (SSSR count). The van der Waals surface area contributed by atoms with Crippen LogP contribution in [-0.2, 0) is 4.74 Å². The summed E-state index contributed by atoms with van der Waals surface area (Å²) >= 11 is 0. The summed E-state index contributed by atoms with van der Waals surface area (Å²) in [5, 5.41) is 9.22. The molecule has 110 valence electrons. The highest BCUT2D eigenvalue weighted by Gasteiger charge is 2.36. The van der Waals surface area contributed by atoms with Crippen LogP contribution in [0.1, 0.15) is 70.6 Å². The molecule has 0 amide bonds. The van der Waals surface area contributed by atoms with Gasteiger partial charge in [-0.15, -0.1) is 0 Å². The second-order valence-corrected chi connectivity index (χ2v) is 7.24. The van der Waals surface area contributed by atoms with Gasteiger partial charge in [-0.25, -0.2) is 0 Å². The molecule has 0 bridgehead atoms. The molecule has 2 aliphatic carbocycles. The largest absolute Gasteiger partial charge is 0.394 e. The quantitative estimate of drug-likeness (QED) is 0.839. The highest BCUT2D eigenvalue weighted by Crippen LogP contribution is 2.42. The molecule has 1 aliphatic heterocycles. The molecule has 3 fully saturated rings. The minimum Gasteiger partial charge on any atom is -0.394 e. The molecular weight excluding hydrogens is 236 g/mol. The van der Waals surface area contributed by atoms with Crippen molar-refractivity contribution in [3.8, 4) is 0 Å². The van der Waals surface area contributed by atoms with Gasteiger partial charge in [0.2, 0.25) is 0 Å². The van der Waals surface area contributed by atoms with Crippen molar-refractivity contribution in [3.05, 3.63) is 0 Å². The van der Waals surface area contributed by atoms with Crippen LogP contribution in [0.4, 0.5) is 0 Å². The SMILES string of the molecule is OCC1CCC2CC(CC3CCCCC3)CCC2O1. The van der Waals surface area contributed by atoms with E-state index in [9.17, 15) is 5.11 Å². The molecule has 2 saturated carbocycles. The van der Waals surface area contributed by atoms with Crippen molar-refractivity contribution in [1.29, 1.82) is 0 Å². The van der Waals surface area contributed by atoms with E-state index in [1.165, 1.54) is 64.2 Å². The van der Waals surface area contributed by atoms with Crippen molar-refractivity contribution < 1.29 is 9.84 Å². The zero-order chi connectivity index (χ0) is 13.1. The molecule has 4 unspecified atom stereocenters. The van der Waals surface area contributed by atoms with Crippen LogP contribution < -0.4 is 0 Å². The number of aliphatic hydroxyl groups excluding tert-OH is 1. The predicted molar refractivity (Wildman–Crippen MR) is 77.0 cm³/mol. The number of fused-ring (bicyclic) bond motifs is 1. The molecular formula is C17H30O2. The lowest BCUT2D eigenvalue weighted by atomic mass is 9.71. The van der Waals surface area contributed by atoms with E-state index in [1.807, 2.05) is 0 Å². The minimum absolute atomic E-state index is 0.135. The molecule has 19 heavy (non-hydrogen) atoms. The molecule has 3 aliphatic rings. The van der Waals surface area contributed by atoms with Crippen LogP contribution in [0, 0.1) is 17.8 Å². The second kappa shape index (κ2) is 6.58. The van der Waals surface area contributed by atoms with E-state index in [2.05, 4.69) is 0 Å². The van der Waals surface area contributed by atoms with E-state index in [0.717, 1.165) is 24.2 Å². The Morgan fingerprint density at radius 3 is 2.47 bits per heavy atom. The summed E-state index contributed by atoms with van der Waals surface area (Å²) in [6, 6.07) is 0. The van der Waals surface area contributed by atoms with Crippen LogP contribution >= 0.6 is 0 Å². The molecule has 2 nitrogen and oxygen atoms in total. The van der Waals surface area contributed by atoms with Crippen LogP contribution in [-0.4, -0.2) is 23.9 Å².